The lowest BCUT2D eigenvalue weighted by atomic mass is 10.3. The maximum atomic E-state index is 11.5. The molecule has 1 aliphatic heterocycles. The zero-order valence-electron chi connectivity index (χ0n) is 9.07. The van der Waals surface area contributed by atoms with Gasteiger partial charge in [-0.2, -0.15) is 0 Å². The lowest BCUT2D eigenvalue weighted by molar-refractivity contribution is -0.142. The lowest BCUT2D eigenvalue weighted by Crippen LogP contribution is -2.19. The second-order valence-electron chi connectivity index (χ2n) is 3.50. The molecule has 0 aromatic heterocycles. The first kappa shape index (κ1) is 12.6. The SMILES string of the molecule is CCOC(=O)CCS(=O)CC1CCCO1. The zero-order valence-corrected chi connectivity index (χ0v) is 9.88. The van der Waals surface area contributed by atoms with Crippen LogP contribution in [0, 0.1) is 0 Å². The Morgan fingerprint density at radius 2 is 2.40 bits per heavy atom. The van der Waals surface area contributed by atoms with Gasteiger partial charge in [0.2, 0.25) is 0 Å². The van der Waals surface area contributed by atoms with E-state index in [1.165, 1.54) is 0 Å². The van der Waals surface area contributed by atoms with Crippen LogP contribution in [0.4, 0.5) is 0 Å². The van der Waals surface area contributed by atoms with E-state index >= 15 is 0 Å². The van der Waals surface area contributed by atoms with Crippen LogP contribution in [0.15, 0.2) is 0 Å². The van der Waals surface area contributed by atoms with Crippen molar-refractivity contribution in [2.45, 2.75) is 32.3 Å². The van der Waals surface area contributed by atoms with Crippen molar-refractivity contribution in [1.82, 2.24) is 0 Å². The van der Waals surface area contributed by atoms with Crippen molar-refractivity contribution in [3.63, 3.8) is 0 Å². The molecule has 0 spiro atoms. The van der Waals surface area contributed by atoms with Crippen LogP contribution < -0.4 is 0 Å². The third-order valence-corrected chi connectivity index (χ3v) is 3.64. The molecule has 0 radical (unpaired) electrons. The molecule has 15 heavy (non-hydrogen) atoms. The predicted molar refractivity (Wildman–Crippen MR) is 58.1 cm³/mol. The number of rotatable bonds is 6. The van der Waals surface area contributed by atoms with Crippen LogP contribution in [0.25, 0.3) is 0 Å². The Labute approximate surface area is 92.8 Å². The van der Waals surface area contributed by atoms with Gasteiger partial charge in [-0.15, -0.1) is 0 Å². The number of hydrogen-bond donors (Lipinski definition) is 0. The molecule has 0 bridgehead atoms. The van der Waals surface area contributed by atoms with Crippen LogP contribution in [0.2, 0.25) is 0 Å². The largest absolute Gasteiger partial charge is 0.466 e. The number of carbonyl (C=O) groups is 1. The zero-order chi connectivity index (χ0) is 11.1. The molecule has 1 rings (SSSR count). The van der Waals surface area contributed by atoms with Crippen molar-refractivity contribution in [3.05, 3.63) is 0 Å². The Kier molecular flexibility index (Phi) is 5.86. The van der Waals surface area contributed by atoms with Gasteiger partial charge in [-0.25, -0.2) is 0 Å². The molecule has 0 saturated carbocycles. The predicted octanol–water partition coefficient (Wildman–Crippen LogP) is 0.867. The molecule has 4 nitrogen and oxygen atoms in total. The fraction of sp³-hybridized carbons (Fsp3) is 0.900. The standard InChI is InChI=1S/C10H18O4S/c1-2-13-10(11)5-7-15(12)8-9-4-3-6-14-9/h9H,2-8H2,1H3. The molecule has 0 aromatic carbocycles. The first-order chi connectivity index (χ1) is 7.22. The van der Waals surface area contributed by atoms with Crippen molar-refractivity contribution in [2.75, 3.05) is 24.7 Å². The van der Waals surface area contributed by atoms with E-state index in [4.69, 9.17) is 9.47 Å². The molecule has 2 atom stereocenters. The minimum Gasteiger partial charge on any atom is -0.466 e. The summed E-state index contributed by atoms with van der Waals surface area (Å²) in [6.07, 6.45) is 2.42. The van der Waals surface area contributed by atoms with Gasteiger partial charge < -0.3 is 9.47 Å². The van der Waals surface area contributed by atoms with Crippen LogP contribution in [-0.2, 0) is 25.1 Å². The van der Waals surface area contributed by atoms with Gasteiger partial charge in [-0.3, -0.25) is 9.00 Å². The highest BCUT2D eigenvalue weighted by Crippen LogP contribution is 2.13. The molecule has 5 heteroatoms. The number of ether oxygens (including phenoxy) is 2. The lowest BCUT2D eigenvalue weighted by Gasteiger charge is -2.08. The highest BCUT2D eigenvalue weighted by molar-refractivity contribution is 7.85. The van der Waals surface area contributed by atoms with Crippen molar-refractivity contribution >= 4 is 16.8 Å². The molecule has 1 fully saturated rings. The van der Waals surface area contributed by atoms with Gasteiger partial charge in [0.15, 0.2) is 0 Å². The molecule has 2 unspecified atom stereocenters. The highest BCUT2D eigenvalue weighted by atomic mass is 32.2. The Morgan fingerprint density at radius 1 is 1.60 bits per heavy atom. The summed E-state index contributed by atoms with van der Waals surface area (Å²) in [6.45, 7) is 2.93. The summed E-state index contributed by atoms with van der Waals surface area (Å²) < 4.78 is 21.7. The third-order valence-electron chi connectivity index (χ3n) is 2.23. The van der Waals surface area contributed by atoms with E-state index < -0.39 is 10.8 Å². The van der Waals surface area contributed by atoms with Crippen molar-refractivity contribution in [3.8, 4) is 0 Å². The topological polar surface area (TPSA) is 52.6 Å². The average Bonchev–Trinajstić information content (AvgIpc) is 2.68. The quantitative estimate of drug-likeness (QED) is 0.640. The summed E-state index contributed by atoms with van der Waals surface area (Å²) in [7, 11) is -0.960. The summed E-state index contributed by atoms with van der Waals surface area (Å²) >= 11 is 0. The molecule has 0 N–H and O–H groups in total. The number of carbonyl (C=O) groups excluding carboxylic acids is 1. The molecule has 0 amide bonds. The Bertz CT molecular complexity index is 223. The summed E-state index contributed by atoms with van der Waals surface area (Å²) in [6, 6.07) is 0. The fourth-order valence-electron chi connectivity index (χ4n) is 1.50. The van der Waals surface area contributed by atoms with Gasteiger partial charge in [-0.05, 0) is 19.8 Å². The number of esters is 1. The second kappa shape index (κ2) is 6.95. The summed E-state index contributed by atoms with van der Waals surface area (Å²) in [4.78, 5) is 11.0. The smallest absolute Gasteiger partial charge is 0.306 e. The van der Waals surface area contributed by atoms with Gasteiger partial charge >= 0.3 is 5.97 Å². The Hall–Kier alpha value is -0.420. The molecule has 1 aliphatic rings. The summed E-state index contributed by atoms with van der Waals surface area (Å²) in [5.74, 6) is 0.677. The molecular weight excluding hydrogens is 216 g/mol. The van der Waals surface area contributed by atoms with Crippen LogP contribution >= 0.6 is 0 Å². The Balaban J connectivity index is 2.10. The van der Waals surface area contributed by atoms with E-state index in [1.807, 2.05) is 0 Å². The first-order valence-electron chi connectivity index (χ1n) is 5.34. The highest BCUT2D eigenvalue weighted by Gasteiger charge is 2.18. The summed E-state index contributed by atoms with van der Waals surface area (Å²) in [5, 5.41) is 0. The van der Waals surface area contributed by atoms with E-state index in [9.17, 15) is 9.00 Å². The minimum absolute atomic E-state index is 0.132. The maximum Gasteiger partial charge on any atom is 0.306 e. The Morgan fingerprint density at radius 3 is 3.00 bits per heavy atom. The van der Waals surface area contributed by atoms with Gasteiger partial charge in [0.1, 0.15) is 0 Å². The monoisotopic (exact) mass is 234 g/mol. The second-order valence-corrected chi connectivity index (χ2v) is 5.12. The van der Waals surface area contributed by atoms with Gasteiger partial charge in [0, 0.05) is 28.9 Å². The van der Waals surface area contributed by atoms with Gasteiger partial charge in [-0.1, -0.05) is 0 Å². The molecule has 1 saturated heterocycles. The fourth-order valence-corrected chi connectivity index (χ4v) is 2.74. The van der Waals surface area contributed by atoms with Crippen LogP contribution in [0.3, 0.4) is 0 Å². The summed E-state index contributed by atoms with van der Waals surface area (Å²) in [5.41, 5.74) is 0. The maximum absolute atomic E-state index is 11.5. The van der Waals surface area contributed by atoms with Crippen LogP contribution in [-0.4, -0.2) is 41.0 Å². The molecule has 0 aromatic rings. The van der Waals surface area contributed by atoms with Gasteiger partial charge in [0.05, 0.1) is 19.1 Å². The van der Waals surface area contributed by atoms with E-state index in [1.54, 1.807) is 6.92 Å². The third kappa shape index (κ3) is 5.28. The minimum atomic E-state index is -0.960. The van der Waals surface area contributed by atoms with Crippen molar-refractivity contribution < 1.29 is 18.5 Å². The van der Waals surface area contributed by atoms with Gasteiger partial charge in [0.25, 0.3) is 0 Å². The van der Waals surface area contributed by atoms with E-state index in [-0.39, 0.29) is 18.5 Å². The average molecular weight is 234 g/mol. The van der Waals surface area contributed by atoms with Crippen LogP contribution in [0.5, 0.6) is 0 Å². The van der Waals surface area contributed by atoms with E-state index in [0.29, 0.717) is 18.1 Å². The molecule has 88 valence electrons. The number of hydrogen-bond acceptors (Lipinski definition) is 4. The molecule has 1 heterocycles. The van der Waals surface area contributed by atoms with E-state index in [2.05, 4.69) is 0 Å². The van der Waals surface area contributed by atoms with Crippen molar-refractivity contribution in [1.29, 1.82) is 0 Å². The normalized spacial score (nSPS) is 22.6. The van der Waals surface area contributed by atoms with Crippen LogP contribution in [0.1, 0.15) is 26.2 Å². The molecular formula is C10H18O4S. The first-order valence-corrected chi connectivity index (χ1v) is 6.83. The van der Waals surface area contributed by atoms with Crippen molar-refractivity contribution in [2.24, 2.45) is 0 Å². The molecule has 0 aliphatic carbocycles. The van der Waals surface area contributed by atoms with E-state index in [0.717, 1.165) is 19.4 Å².